The van der Waals surface area contributed by atoms with E-state index in [1.807, 2.05) is 18.2 Å². The monoisotopic (exact) mass is 270 g/mol. The van der Waals surface area contributed by atoms with Gasteiger partial charge >= 0.3 is 0 Å². The van der Waals surface area contributed by atoms with Crippen LogP contribution in [0.15, 0.2) is 24.3 Å². The largest absolute Gasteiger partial charge is 0.336 e. The minimum Gasteiger partial charge on any atom is -0.336 e. The van der Waals surface area contributed by atoms with Gasteiger partial charge in [-0.05, 0) is 17.7 Å². The molecule has 0 heterocycles. The fourth-order valence-corrected chi connectivity index (χ4v) is 1.67. The van der Waals surface area contributed by atoms with Crippen molar-refractivity contribution in [1.82, 2.24) is 4.90 Å². The zero-order chi connectivity index (χ0) is 12.7. The number of alkyl halides is 1. The lowest BCUT2D eigenvalue weighted by Gasteiger charge is -2.20. The normalized spacial score (nSPS) is 9.71. The van der Waals surface area contributed by atoms with E-state index in [4.69, 9.17) is 28.5 Å². The van der Waals surface area contributed by atoms with Gasteiger partial charge in [0.1, 0.15) is 5.88 Å². The van der Waals surface area contributed by atoms with Gasteiger partial charge in [-0.2, -0.15) is 5.26 Å². The van der Waals surface area contributed by atoms with Gasteiger partial charge in [-0.25, -0.2) is 0 Å². The number of amides is 1. The molecule has 0 aliphatic rings. The number of halogens is 2. The Kier molecular flexibility index (Phi) is 5.82. The predicted octanol–water partition coefficient (Wildman–Crippen LogP) is 2.82. The molecule has 1 aromatic rings. The quantitative estimate of drug-likeness (QED) is 0.773. The minimum atomic E-state index is -0.170. The summed E-state index contributed by atoms with van der Waals surface area (Å²) in [6.07, 6.45) is 0.302. The summed E-state index contributed by atoms with van der Waals surface area (Å²) in [4.78, 5) is 13.1. The molecule has 0 saturated carbocycles. The molecule has 0 radical (unpaired) electrons. The minimum absolute atomic E-state index is 0.0704. The van der Waals surface area contributed by atoms with Crippen LogP contribution in [0.5, 0.6) is 0 Å². The summed E-state index contributed by atoms with van der Waals surface area (Å²) in [7, 11) is 0. The average Bonchev–Trinajstić information content (AvgIpc) is 2.36. The predicted molar refractivity (Wildman–Crippen MR) is 67.8 cm³/mol. The highest BCUT2D eigenvalue weighted by Gasteiger charge is 2.12. The molecule has 0 aliphatic carbocycles. The van der Waals surface area contributed by atoms with Crippen molar-refractivity contribution in [3.05, 3.63) is 34.9 Å². The van der Waals surface area contributed by atoms with Crippen LogP contribution in [0.3, 0.4) is 0 Å². The number of carbonyl (C=O) groups is 1. The van der Waals surface area contributed by atoms with E-state index in [2.05, 4.69) is 0 Å². The molecule has 0 bridgehead atoms. The van der Waals surface area contributed by atoms with Crippen molar-refractivity contribution >= 4 is 29.1 Å². The van der Waals surface area contributed by atoms with E-state index in [0.29, 0.717) is 24.5 Å². The zero-order valence-electron chi connectivity index (χ0n) is 9.20. The molecule has 0 aromatic heterocycles. The first-order chi connectivity index (χ1) is 8.17. The Morgan fingerprint density at radius 1 is 1.35 bits per heavy atom. The molecule has 5 heteroatoms. The van der Waals surface area contributed by atoms with Crippen LogP contribution < -0.4 is 0 Å². The summed E-state index contributed by atoms with van der Waals surface area (Å²) in [5.74, 6) is -0.240. The molecule has 0 fully saturated rings. The van der Waals surface area contributed by atoms with E-state index < -0.39 is 0 Å². The molecule has 17 heavy (non-hydrogen) atoms. The highest BCUT2D eigenvalue weighted by Crippen LogP contribution is 2.12. The number of hydrogen-bond acceptors (Lipinski definition) is 2. The molecule has 0 atom stereocenters. The van der Waals surface area contributed by atoms with Gasteiger partial charge in [0, 0.05) is 18.1 Å². The molecule has 1 aromatic carbocycles. The summed E-state index contributed by atoms with van der Waals surface area (Å²) in [6, 6.07) is 9.25. The van der Waals surface area contributed by atoms with E-state index in [1.165, 1.54) is 0 Å². The average molecular weight is 271 g/mol. The molecule has 90 valence electrons. The SMILES string of the molecule is N#CCCN(Cc1ccc(Cl)cc1)C(=O)CCl. The van der Waals surface area contributed by atoms with Crippen LogP contribution in [-0.4, -0.2) is 23.2 Å². The van der Waals surface area contributed by atoms with Crippen molar-refractivity contribution in [2.24, 2.45) is 0 Å². The third kappa shape index (κ3) is 4.64. The first kappa shape index (κ1) is 13.8. The molecular formula is C12H12Cl2N2O. The Morgan fingerprint density at radius 3 is 2.53 bits per heavy atom. The fraction of sp³-hybridized carbons (Fsp3) is 0.333. The van der Waals surface area contributed by atoms with Gasteiger partial charge in [-0.3, -0.25) is 4.79 Å². The van der Waals surface area contributed by atoms with E-state index in [1.54, 1.807) is 17.0 Å². The van der Waals surface area contributed by atoms with Gasteiger partial charge < -0.3 is 4.90 Å². The van der Waals surface area contributed by atoms with Crippen LogP contribution in [0.4, 0.5) is 0 Å². The summed E-state index contributed by atoms with van der Waals surface area (Å²) >= 11 is 11.3. The summed E-state index contributed by atoms with van der Waals surface area (Å²) < 4.78 is 0. The molecule has 1 rings (SSSR count). The van der Waals surface area contributed by atoms with Gasteiger partial charge in [0.05, 0.1) is 12.5 Å². The number of nitriles is 1. The first-order valence-corrected chi connectivity index (χ1v) is 6.03. The van der Waals surface area contributed by atoms with Crippen molar-refractivity contribution in [2.45, 2.75) is 13.0 Å². The Bertz CT molecular complexity index is 412. The second-order valence-corrected chi connectivity index (χ2v) is 4.19. The third-order valence-corrected chi connectivity index (χ3v) is 2.73. The van der Waals surface area contributed by atoms with Gasteiger partial charge in [-0.1, -0.05) is 23.7 Å². The molecule has 0 spiro atoms. The van der Waals surface area contributed by atoms with Gasteiger partial charge in [0.15, 0.2) is 0 Å². The molecule has 0 N–H and O–H groups in total. The van der Waals surface area contributed by atoms with Crippen LogP contribution in [0.2, 0.25) is 5.02 Å². The maximum atomic E-state index is 11.5. The smallest absolute Gasteiger partial charge is 0.237 e. The Hall–Kier alpha value is -1.24. The number of nitrogens with zero attached hydrogens (tertiary/aromatic N) is 2. The van der Waals surface area contributed by atoms with Crippen LogP contribution >= 0.6 is 23.2 Å². The van der Waals surface area contributed by atoms with Crippen molar-refractivity contribution in [1.29, 1.82) is 5.26 Å². The van der Waals surface area contributed by atoms with E-state index in [-0.39, 0.29) is 11.8 Å². The summed E-state index contributed by atoms with van der Waals surface area (Å²) in [5.41, 5.74) is 0.964. The van der Waals surface area contributed by atoms with Crippen LogP contribution in [0.1, 0.15) is 12.0 Å². The standard InChI is InChI=1S/C12H12Cl2N2O/c13-8-12(17)16(7-1-6-15)9-10-2-4-11(14)5-3-10/h2-5H,1,7-9H2. The number of hydrogen-bond donors (Lipinski definition) is 0. The van der Waals surface area contributed by atoms with Crippen LogP contribution in [0.25, 0.3) is 0 Å². The molecule has 3 nitrogen and oxygen atoms in total. The van der Waals surface area contributed by atoms with Crippen LogP contribution in [-0.2, 0) is 11.3 Å². The van der Waals surface area contributed by atoms with Crippen molar-refractivity contribution in [2.75, 3.05) is 12.4 Å². The molecule has 0 saturated heterocycles. The molecule has 1 amide bonds. The van der Waals surface area contributed by atoms with Gasteiger partial charge in [0.2, 0.25) is 5.91 Å². The summed E-state index contributed by atoms with van der Waals surface area (Å²) in [5, 5.41) is 9.19. The van der Waals surface area contributed by atoms with E-state index >= 15 is 0 Å². The Balaban J connectivity index is 2.68. The van der Waals surface area contributed by atoms with Gasteiger partial charge in [-0.15, -0.1) is 11.6 Å². The fourth-order valence-electron chi connectivity index (χ4n) is 1.37. The van der Waals surface area contributed by atoms with Crippen molar-refractivity contribution in [3.8, 4) is 6.07 Å². The molecule has 0 unspecified atom stereocenters. The lowest BCUT2D eigenvalue weighted by Crippen LogP contribution is -2.32. The molecule has 0 aliphatic heterocycles. The molecular weight excluding hydrogens is 259 g/mol. The summed E-state index contributed by atoms with van der Waals surface area (Å²) in [6.45, 7) is 0.842. The highest BCUT2D eigenvalue weighted by molar-refractivity contribution is 6.30. The lowest BCUT2D eigenvalue weighted by molar-refractivity contribution is -0.129. The zero-order valence-corrected chi connectivity index (χ0v) is 10.7. The topological polar surface area (TPSA) is 44.1 Å². The second kappa shape index (κ2) is 7.16. The number of benzene rings is 1. The van der Waals surface area contributed by atoms with Gasteiger partial charge in [0.25, 0.3) is 0 Å². The van der Waals surface area contributed by atoms with Crippen molar-refractivity contribution in [3.63, 3.8) is 0 Å². The van der Waals surface area contributed by atoms with E-state index in [9.17, 15) is 4.79 Å². The van der Waals surface area contributed by atoms with E-state index in [0.717, 1.165) is 5.56 Å². The highest BCUT2D eigenvalue weighted by atomic mass is 35.5. The maximum Gasteiger partial charge on any atom is 0.237 e. The number of carbonyl (C=O) groups excluding carboxylic acids is 1. The lowest BCUT2D eigenvalue weighted by atomic mass is 10.2. The Labute approximate surface area is 111 Å². The first-order valence-electron chi connectivity index (χ1n) is 5.12. The maximum absolute atomic E-state index is 11.5. The third-order valence-electron chi connectivity index (χ3n) is 2.25. The Morgan fingerprint density at radius 2 is 2.00 bits per heavy atom. The second-order valence-electron chi connectivity index (χ2n) is 3.48. The van der Waals surface area contributed by atoms with Crippen molar-refractivity contribution < 1.29 is 4.79 Å². The van der Waals surface area contributed by atoms with Crippen LogP contribution in [0, 0.1) is 11.3 Å². The number of rotatable bonds is 5.